The van der Waals surface area contributed by atoms with Crippen molar-refractivity contribution in [2.24, 2.45) is 11.8 Å². The van der Waals surface area contributed by atoms with E-state index in [4.69, 9.17) is 21.6 Å². The van der Waals surface area contributed by atoms with Gasteiger partial charge in [-0.15, -0.1) is 0 Å². The normalized spacial score (nSPS) is 23.0. The summed E-state index contributed by atoms with van der Waals surface area (Å²) in [5.41, 5.74) is 3.11. The highest BCUT2D eigenvalue weighted by atomic mass is 35.5. The van der Waals surface area contributed by atoms with E-state index < -0.39 is 0 Å². The molecule has 1 amide bonds. The van der Waals surface area contributed by atoms with Crippen LogP contribution >= 0.6 is 34.1 Å². The fourth-order valence-electron chi connectivity index (χ4n) is 5.82. The summed E-state index contributed by atoms with van der Waals surface area (Å²) in [6.45, 7) is 5.57. The maximum absolute atomic E-state index is 11.7. The Morgan fingerprint density at radius 1 is 1.29 bits per heavy atom. The lowest BCUT2D eigenvalue weighted by molar-refractivity contribution is -0.116. The number of β-amino-alcohol motifs (C(OH)–C–C–N with tert-alkyl or cyclic N) is 1. The van der Waals surface area contributed by atoms with Gasteiger partial charge in [0.05, 0.1) is 12.7 Å². The molecule has 5 rings (SSSR count). The number of halogens is 1. The second-order valence-electron chi connectivity index (χ2n) is 10.7. The number of aliphatic hydroxyl groups is 1. The van der Waals surface area contributed by atoms with Gasteiger partial charge in [-0.25, -0.2) is 0 Å². The van der Waals surface area contributed by atoms with Crippen molar-refractivity contribution in [1.29, 1.82) is 5.26 Å². The molecular formula is C29H36ClN3O3S2. The molecule has 2 aliphatic heterocycles. The van der Waals surface area contributed by atoms with Gasteiger partial charge in [-0.3, -0.25) is 4.79 Å². The molecule has 0 bridgehead atoms. The van der Waals surface area contributed by atoms with Crippen molar-refractivity contribution in [3.63, 3.8) is 0 Å². The molecule has 204 valence electrons. The van der Waals surface area contributed by atoms with Crippen LogP contribution in [0.4, 0.5) is 5.69 Å². The Morgan fingerprint density at radius 3 is 2.68 bits per heavy atom. The highest BCUT2D eigenvalue weighted by Crippen LogP contribution is 2.47. The van der Waals surface area contributed by atoms with Crippen LogP contribution in [0.2, 0.25) is 5.02 Å². The number of aliphatic hydroxyl groups excluding tert-OH is 1. The first-order valence-electron chi connectivity index (χ1n) is 13.3. The number of nitrogens with zero attached hydrogens (tertiary/aromatic N) is 2. The van der Waals surface area contributed by atoms with Crippen LogP contribution in [0.15, 0.2) is 42.5 Å². The van der Waals surface area contributed by atoms with Crippen molar-refractivity contribution < 1.29 is 14.6 Å². The molecule has 2 heterocycles. The quantitative estimate of drug-likeness (QED) is 0.211. The number of carbonyl (C=O) groups is 1. The van der Waals surface area contributed by atoms with Crippen molar-refractivity contribution in [2.45, 2.75) is 57.0 Å². The summed E-state index contributed by atoms with van der Waals surface area (Å²) < 4.78 is 6.20. The average molecular weight is 574 g/mol. The van der Waals surface area contributed by atoms with Crippen LogP contribution in [0.1, 0.15) is 50.2 Å². The zero-order valence-corrected chi connectivity index (χ0v) is 24.2. The van der Waals surface area contributed by atoms with Gasteiger partial charge in [-0.1, -0.05) is 54.8 Å². The predicted molar refractivity (Wildman–Crippen MR) is 158 cm³/mol. The average Bonchev–Trinajstić information content (AvgIpc) is 2.89. The number of anilines is 1. The zero-order chi connectivity index (χ0) is 27.1. The zero-order valence-electron chi connectivity index (χ0n) is 21.7. The lowest BCUT2D eigenvalue weighted by Crippen LogP contribution is -2.53. The molecule has 1 saturated carbocycles. The third kappa shape index (κ3) is 7.00. The monoisotopic (exact) mass is 573 g/mol. The molecule has 0 radical (unpaired) electrons. The van der Waals surface area contributed by atoms with Gasteiger partial charge in [0.15, 0.2) is 0 Å². The number of ether oxygens (including phenoxy) is 1. The molecule has 3 aliphatic rings. The third-order valence-corrected chi connectivity index (χ3v) is 8.99. The van der Waals surface area contributed by atoms with Crippen molar-refractivity contribution >= 4 is 45.7 Å². The Kier molecular flexibility index (Phi) is 10.3. The van der Waals surface area contributed by atoms with E-state index >= 15 is 0 Å². The first-order valence-corrected chi connectivity index (χ1v) is 15.5. The molecular weight excluding hydrogens is 538 g/mol. The number of amides is 1. The lowest BCUT2D eigenvalue weighted by atomic mass is 9.61. The summed E-state index contributed by atoms with van der Waals surface area (Å²) in [7, 11) is 0.856. The molecule has 2 aromatic rings. The molecule has 2 aromatic carbocycles. The number of thiol groups is 1. The van der Waals surface area contributed by atoms with Crippen LogP contribution < -0.4 is 10.1 Å². The van der Waals surface area contributed by atoms with Gasteiger partial charge in [0.2, 0.25) is 5.91 Å². The van der Waals surface area contributed by atoms with Crippen molar-refractivity contribution in [1.82, 2.24) is 4.90 Å². The Labute approximate surface area is 239 Å². The van der Waals surface area contributed by atoms with Gasteiger partial charge in [0.25, 0.3) is 0 Å². The van der Waals surface area contributed by atoms with Crippen molar-refractivity contribution in [2.75, 3.05) is 31.6 Å². The molecule has 2 fully saturated rings. The molecule has 3 unspecified atom stereocenters. The van der Waals surface area contributed by atoms with Crippen LogP contribution in [0.5, 0.6) is 5.75 Å². The summed E-state index contributed by atoms with van der Waals surface area (Å²) in [6, 6.07) is 14.1. The number of fused-ring (bicyclic) bond motifs is 1. The standard InChI is InChI=1S/C28H35ClN2O3.CHNS2/c1-19-11-14-31(17-26(32)28(12-2-13-28)22-5-7-23(29)8-6-22)16-21(19)18-34-24-9-3-20-4-10-27(33)30-25(20)15-24;2-1-4-3/h3,5-9,15,19,21,26,32H,2,4,10-14,16-18H2,1H3,(H,30,33);3H. The molecule has 0 aromatic heterocycles. The summed E-state index contributed by atoms with van der Waals surface area (Å²) >= 11 is 9.58. The Bertz CT molecular complexity index is 1140. The highest BCUT2D eigenvalue weighted by molar-refractivity contribution is 8.70. The third-order valence-electron chi connectivity index (χ3n) is 8.41. The maximum atomic E-state index is 11.7. The maximum Gasteiger partial charge on any atom is 0.224 e. The minimum absolute atomic E-state index is 0.0718. The Balaban J connectivity index is 0.000000786. The van der Waals surface area contributed by atoms with Crippen LogP contribution in [-0.4, -0.2) is 48.3 Å². The van der Waals surface area contributed by atoms with Crippen LogP contribution in [-0.2, 0) is 16.6 Å². The molecule has 1 saturated heterocycles. The van der Waals surface area contributed by atoms with Gasteiger partial charge in [0, 0.05) is 58.4 Å². The summed E-state index contributed by atoms with van der Waals surface area (Å²) in [5, 5.41) is 24.3. The number of nitrogens with one attached hydrogen (secondary N) is 1. The molecule has 2 N–H and O–H groups in total. The van der Waals surface area contributed by atoms with Crippen LogP contribution in [0, 0.1) is 22.5 Å². The van der Waals surface area contributed by atoms with Crippen LogP contribution in [0.25, 0.3) is 0 Å². The summed E-state index contributed by atoms with van der Waals surface area (Å²) in [5.74, 6) is 1.85. The molecule has 1 aliphatic carbocycles. The van der Waals surface area contributed by atoms with Gasteiger partial charge in [-0.2, -0.15) is 5.26 Å². The SMILES string of the molecule is CC1CCN(CC(O)C2(c3ccc(Cl)cc3)CCC2)CC1COc1ccc2c(c1)NC(=O)CC2.N#CSS. The summed E-state index contributed by atoms with van der Waals surface area (Å²) in [6.07, 6.45) is 5.28. The number of hydrogen-bond acceptors (Lipinski definition) is 7. The molecule has 38 heavy (non-hydrogen) atoms. The number of benzene rings is 2. The van der Waals surface area contributed by atoms with Crippen molar-refractivity contribution in [3.05, 3.63) is 58.6 Å². The van der Waals surface area contributed by atoms with E-state index in [-0.39, 0.29) is 17.4 Å². The second kappa shape index (κ2) is 13.5. The number of carbonyl (C=O) groups excluding carboxylic acids is 1. The van der Waals surface area contributed by atoms with E-state index in [1.807, 2.05) is 24.3 Å². The number of hydrogen-bond donors (Lipinski definition) is 3. The largest absolute Gasteiger partial charge is 0.493 e. The fraction of sp³-hybridized carbons (Fsp3) is 0.517. The Hall–Kier alpha value is -1.89. The number of rotatable bonds is 7. The predicted octanol–water partition coefficient (Wildman–Crippen LogP) is 6.09. The lowest BCUT2D eigenvalue weighted by Gasteiger charge is -2.48. The number of piperidine rings is 1. The smallest absolute Gasteiger partial charge is 0.224 e. The van der Waals surface area contributed by atoms with E-state index in [1.54, 1.807) is 5.40 Å². The van der Waals surface area contributed by atoms with Gasteiger partial charge in [-0.05, 0) is 67.5 Å². The number of likely N-dealkylation sites (tertiary alicyclic amines) is 1. The first kappa shape index (κ1) is 29.1. The fourth-order valence-corrected chi connectivity index (χ4v) is 5.95. The summed E-state index contributed by atoms with van der Waals surface area (Å²) in [4.78, 5) is 14.1. The van der Waals surface area contributed by atoms with E-state index in [2.05, 4.69) is 47.0 Å². The second-order valence-corrected chi connectivity index (χ2v) is 12.0. The number of nitriles is 1. The van der Waals surface area contributed by atoms with E-state index in [9.17, 15) is 9.90 Å². The number of thiocyanates is 1. The minimum atomic E-state index is -0.387. The molecule has 3 atom stereocenters. The van der Waals surface area contributed by atoms with Crippen molar-refractivity contribution in [3.8, 4) is 11.2 Å². The van der Waals surface area contributed by atoms with E-state index in [0.29, 0.717) is 31.4 Å². The topological polar surface area (TPSA) is 85.6 Å². The Morgan fingerprint density at radius 2 is 2.03 bits per heavy atom. The van der Waals surface area contributed by atoms with E-state index in [0.717, 1.165) is 72.4 Å². The first-order chi connectivity index (χ1) is 18.3. The van der Waals surface area contributed by atoms with E-state index in [1.165, 1.54) is 11.1 Å². The highest BCUT2D eigenvalue weighted by Gasteiger charge is 2.45. The van der Waals surface area contributed by atoms with Crippen LogP contribution in [0.3, 0.4) is 0 Å². The molecule has 0 spiro atoms. The van der Waals surface area contributed by atoms with Gasteiger partial charge < -0.3 is 20.1 Å². The number of aryl methyl sites for hydroxylation is 1. The van der Waals surface area contributed by atoms with Gasteiger partial charge >= 0.3 is 0 Å². The molecule has 9 heteroatoms. The molecule has 6 nitrogen and oxygen atoms in total. The van der Waals surface area contributed by atoms with Gasteiger partial charge in [0.1, 0.15) is 11.2 Å². The minimum Gasteiger partial charge on any atom is -0.493 e.